The maximum atomic E-state index is 12.1. The van der Waals surface area contributed by atoms with Gasteiger partial charge in [-0.05, 0) is 54.4 Å². The van der Waals surface area contributed by atoms with Crippen molar-refractivity contribution in [3.63, 3.8) is 0 Å². The van der Waals surface area contributed by atoms with Crippen LogP contribution in [0.5, 0.6) is 17.2 Å². The van der Waals surface area contributed by atoms with Crippen molar-refractivity contribution < 1.29 is 28.5 Å². The zero-order valence-corrected chi connectivity index (χ0v) is 18.0. The van der Waals surface area contributed by atoms with Gasteiger partial charge in [0.05, 0.1) is 12.8 Å². The highest BCUT2D eigenvalue weighted by Crippen LogP contribution is 2.25. The van der Waals surface area contributed by atoms with Gasteiger partial charge >= 0.3 is 5.97 Å². The van der Waals surface area contributed by atoms with E-state index in [1.807, 2.05) is 43.3 Å². The molecule has 0 heterocycles. The Balaban J connectivity index is 1.39. The summed E-state index contributed by atoms with van der Waals surface area (Å²) in [6.45, 7) is 1.62. The molecule has 0 bridgehead atoms. The van der Waals surface area contributed by atoms with E-state index < -0.39 is 18.5 Å². The number of amides is 1. The molecule has 0 saturated heterocycles. The van der Waals surface area contributed by atoms with Crippen LogP contribution in [0.4, 0.5) is 5.69 Å². The average Bonchev–Trinajstić information content (AvgIpc) is 2.81. The standard InChI is InChI=1S/C25H25NO6/c1-18-8-13-23(29-2)22(14-18)26-24(27)16-32-25(28)17-31-21-11-9-20(10-12-21)30-15-19-6-4-3-5-7-19/h3-14H,15-17H2,1-2H3,(H,26,27). The number of rotatable bonds is 10. The highest BCUT2D eigenvalue weighted by atomic mass is 16.6. The quantitative estimate of drug-likeness (QED) is 0.482. The van der Waals surface area contributed by atoms with E-state index in [-0.39, 0.29) is 6.61 Å². The fourth-order valence-corrected chi connectivity index (χ4v) is 2.81. The Labute approximate surface area is 186 Å². The summed E-state index contributed by atoms with van der Waals surface area (Å²) < 4.78 is 21.3. The Kier molecular flexibility index (Phi) is 8.09. The molecule has 7 heteroatoms. The molecule has 0 aromatic heterocycles. The summed E-state index contributed by atoms with van der Waals surface area (Å²) in [6.07, 6.45) is 0. The van der Waals surface area contributed by atoms with Crippen LogP contribution in [-0.2, 0) is 20.9 Å². The summed E-state index contributed by atoms with van der Waals surface area (Å²) in [6, 6.07) is 22.1. The Morgan fingerprint density at radius 1 is 0.844 bits per heavy atom. The summed E-state index contributed by atoms with van der Waals surface area (Å²) in [4.78, 5) is 24.0. The average molecular weight is 435 g/mol. The minimum Gasteiger partial charge on any atom is -0.495 e. The molecule has 3 rings (SSSR count). The lowest BCUT2D eigenvalue weighted by molar-refractivity contribution is -0.149. The molecule has 1 N–H and O–H groups in total. The van der Waals surface area contributed by atoms with Crippen molar-refractivity contribution in [3.05, 3.63) is 83.9 Å². The van der Waals surface area contributed by atoms with Gasteiger partial charge in [0.1, 0.15) is 23.9 Å². The van der Waals surface area contributed by atoms with Gasteiger partial charge < -0.3 is 24.3 Å². The molecule has 0 aliphatic carbocycles. The molecule has 0 unspecified atom stereocenters. The third-order valence-electron chi connectivity index (χ3n) is 4.42. The first-order valence-electron chi connectivity index (χ1n) is 10.0. The fraction of sp³-hybridized carbons (Fsp3) is 0.200. The molecule has 32 heavy (non-hydrogen) atoms. The van der Waals surface area contributed by atoms with Gasteiger partial charge in [-0.15, -0.1) is 0 Å². The first-order valence-corrected chi connectivity index (χ1v) is 10.0. The van der Waals surface area contributed by atoms with E-state index in [9.17, 15) is 9.59 Å². The minimum atomic E-state index is -0.652. The number of benzene rings is 3. The number of carbonyl (C=O) groups excluding carboxylic acids is 2. The molecular formula is C25H25NO6. The molecule has 3 aromatic rings. The topological polar surface area (TPSA) is 83.1 Å². The second kappa shape index (κ2) is 11.4. The highest BCUT2D eigenvalue weighted by molar-refractivity contribution is 5.94. The summed E-state index contributed by atoms with van der Waals surface area (Å²) in [5.41, 5.74) is 2.54. The van der Waals surface area contributed by atoms with E-state index in [1.54, 1.807) is 36.4 Å². The van der Waals surface area contributed by atoms with Gasteiger partial charge in [-0.25, -0.2) is 4.79 Å². The SMILES string of the molecule is COc1ccc(C)cc1NC(=O)COC(=O)COc1ccc(OCc2ccccc2)cc1. The van der Waals surface area contributed by atoms with Crippen LogP contribution in [0.25, 0.3) is 0 Å². The third kappa shape index (κ3) is 7.05. The number of anilines is 1. The second-order valence-corrected chi connectivity index (χ2v) is 6.95. The van der Waals surface area contributed by atoms with Crippen molar-refractivity contribution in [3.8, 4) is 17.2 Å². The fourth-order valence-electron chi connectivity index (χ4n) is 2.81. The first kappa shape index (κ1) is 22.7. The van der Waals surface area contributed by atoms with Crippen molar-refractivity contribution in [1.82, 2.24) is 0 Å². The predicted octanol–water partition coefficient (Wildman–Crippen LogP) is 4.14. The van der Waals surface area contributed by atoms with E-state index in [1.165, 1.54) is 7.11 Å². The van der Waals surface area contributed by atoms with Crippen LogP contribution in [0.2, 0.25) is 0 Å². The number of esters is 1. The largest absolute Gasteiger partial charge is 0.495 e. The molecule has 1 amide bonds. The second-order valence-electron chi connectivity index (χ2n) is 6.95. The number of nitrogens with one attached hydrogen (secondary N) is 1. The molecule has 0 atom stereocenters. The Bertz CT molecular complexity index is 1030. The third-order valence-corrected chi connectivity index (χ3v) is 4.42. The van der Waals surface area contributed by atoms with Crippen molar-refractivity contribution in [2.45, 2.75) is 13.5 Å². The van der Waals surface area contributed by atoms with Gasteiger partial charge in [0.15, 0.2) is 13.2 Å². The molecule has 0 radical (unpaired) electrons. The van der Waals surface area contributed by atoms with Crippen LogP contribution in [0.1, 0.15) is 11.1 Å². The molecule has 0 aliphatic heterocycles. The number of hydrogen-bond acceptors (Lipinski definition) is 6. The summed E-state index contributed by atoms with van der Waals surface area (Å²) in [5.74, 6) is 0.577. The molecule has 0 aliphatic rings. The Hall–Kier alpha value is -4.00. The molecule has 0 fully saturated rings. The van der Waals surface area contributed by atoms with Crippen molar-refractivity contribution in [1.29, 1.82) is 0 Å². The molecular weight excluding hydrogens is 410 g/mol. The number of carbonyl (C=O) groups is 2. The van der Waals surface area contributed by atoms with Gasteiger partial charge in [0.2, 0.25) is 0 Å². The normalized spacial score (nSPS) is 10.2. The lowest BCUT2D eigenvalue weighted by Gasteiger charge is -2.11. The number of ether oxygens (including phenoxy) is 4. The summed E-state index contributed by atoms with van der Waals surface area (Å²) in [7, 11) is 1.51. The molecule has 166 valence electrons. The highest BCUT2D eigenvalue weighted by Gasteiger charge is 2.11. The van der Waals surface area contributed by atoms with Gasteiger partial charge in [0, 0.05) is 0 Å². The van der Waals surface area contributed by atoms with Gasteiger partial charge in [0.25, 0.3) is 5.91 Å². The van der Waals surface area contributed by atoms with Gasteiger partial charge in [-0.1, -0.05) is 36.4 Å². The summed E-state index contributed by atoms with van der Waals surface area (Å²) in [5, 5.41) is 2.67. The maximum Gasteiger partial charge on any atom is 0.344 e. The van der Waals surface area contributed by atoms with Crippen molar-refractivity contribution in [2.75, 3.05) is 25.6 Å². The monoisotopic (exact) mass is 435 g/mol. The summed E-state index contributed by atoms with van der Waals surface area (Å²) >= 11 is 0. The lowest BCUT2D eigenvalue weighted by atomic mass is 10.2. The number of aryl methyl sites for hydroxylation is 1. The van der Waals surface area contributed by atoms with Crippen LogP contribution in [-0.4, -0.2) is 32.2 Å². The van der Waals surface area contributed by atoms with E-state index in [4.69, 9.17) is 18.9 Å². The lowest BCUT2D eigenvalue weighted by Crippen LogP contribution is -2.23. The van der Waals surface area contributed by atoms with E-state index in [2.05, 4.69) is 5.32 Å². The molecule has 0 spiro atoms. The first-order chi connectivity index (χ1) is 15.5. The Morgan fingerprint density at radius 2 is 1.53 bits per heavy atom. The van der Waals surface area contributed by atoms with Gasteiger partial charge in [-0.2, -0.15) is 0 Å². The van der Waals surface area contributed by atoms with Crippen molar-refractivity contribution >= 4 is 17.6 Å². The van der Waals surface area contributed by atoms with E-state index in [0.717, 1.165) is 11.1 Å². The predicted molar refractivity (Wildman–Crippen MR) is 120 cm³/mol. The molecule has 3 aromatic carbocycles. The zero-order valence-electron chi connectivity index (χ0n) is 18.0. The zero-order chi connectivity index (χ0) is 22.8. The van der Waals surface area contributed by atoms with Crippen LogP contribution in [0.15, 0.2) is 72.8 Å². The van der Waals surface area contributed by atoms with Crippen molar-refractivity contribution in [2.24, 2.45) is 0 Å². The van der Waals surface area contributed by atoms with E-state index >= 15 is 0 Å². The van der Waals surface area contributed by atoms with Crippen LogP contribution >= 0.6 is 0 Å². The minimum absolute atomic E-state index is 0.314. The smallest absolute Gasteiger partial charge is 0.344 e. The molecule has 7 nitrogen and oxygen atoms in total. The van der Waals surface area contributed by atoms with Crippen LogP contribution in [0, 0.1) is 6.92 Å². The Morgan fingerprint density at radius 3 is 2.22 bits per heavy atom. The maximum absolute atomic E-state index is 12.1. The van der Waals surface area contributed by atoms with Gasteiger partial charge in [-0.3, -0.25) is 4.79 Å². The van der Waals surface area contributed by atoms with Crippen LogP contribution < -0.4 is 19.5 Å². The number of methoxy groups -OCH3 is 1. The van der Waals surface area contributed by atoms with E-state index in [0.29, 0.717) is 29.5 Å². The van der Waals surface area contributed by atoms with Crippen LogP contribution in [0.3, 0.4) is 0 Å². The molecule has 0 saturated carbocycles. The number of hydrogen-bond donors (Lipinski definition) is 1.